The molecular formula is C14H20O3. The van der Waals surface area contributed by atoms with Gasteiger partial charge in [0.25, 0.3) is 0 Å². The van der Waals surface area contributed by atoms with E-state index in [2.05, 4.69) is 0 Å². The summed E-state index contributed by atoms with van der Waals surface area (Å²) in [5.74, 6) is 0.566. The largest absolute Gasteiger partial charge is 0.496 e. The summed E-state index contributed by atoms with van der Waals surface area (Å²) in [6.45, 7) is 6.18. The van der Waals surface area contributed by atoms with E-state index in [0.29, 0.717) is 24.3 Å². The van der Waals surface area contributed by atoms with Gasteiger partial charge in [-0.3, -0.25) is 4.79 Å². The van der Waals surface area contributed by atoms with Gasteiger partial charge in [-0.1, -0.05) is 19.1 Å². The van der Waals surface area contributed by atoms with Crippen LogP contribution in [0.15, 0.2) is 24.3 Å². The number of carbonyl (C=O) groups excluding carboxylic acids is 1. The molecular weight excluding hydrogens is 216 g/mol. The van der Waals surface area contributed by atoms with Crippen LogP contribution in [-0.4, -0.2) is 25.1 Å². The fraction of sp³-hybridized carbons (Fsp3) is 0.500. The molecule has 0 aliphatic rings. The first-order valence-corrected chi connectivity index (χ1v) is 5.90. The van der Waals surface area contributed by atoms with Crippen molar-refractivity contribution < 1.29 is 14.3 Å². The van der Waals surface area contributed by atoms with E-state index in [4.69, 9.17) is 9.47 Å². The van der Waals surface area contributed by atoms with E-state index in [-0.39, 0.29) is 5.78 Å². The summed E-state index contributed by atoms with van der Waals surface area (Å²) < 4.78 is 10.8. The van der Waals surface area contributed by atoms with Gasteiger partial charge in [0.1, 0.15) is 11.4 Å². The highest BCUT2D eigenvalue weighted by atomic mass is 16.5. The zero-order valence-corrected chi connectivity index (χ0v) is 10.9. The van der Waals surface area contributed by atoms with Crippen molar-refractivity contribution in [1.29, 1.82) is 0 Å². The molecule has 1 rings (SSSR count). The van der Waals surface area contributed by atoms with Gasteiger partial charge in [0.15, 0.2) is 5.78 Å². The van der Waals surface area contributed by atoms with Gasteiger partial charge in [-0.25, -0.2) is 0 Å². The van der Waals surface area contributed by atoms with Crippen LogP contribution in [0.5, 0.6) is 5.75 Å². The molecule has 1 unspecified atom stereocenters. The van der Waals surface area contributed by atoms with Gasteiger partial charge in [0.05, 0.1) is 12.7 Å². The Kier molecular flexibility index (Phi) is 4.70. The van der Waals surface area contributed by atoms with Crippen molar-refractivity contribution in [3.63, 3.8) is 0 Å². The van der Waals surface area contributed by atoms with E-state index in [1.54, 1.807) is 19.2 Å². The Labute approximate surface area is 103 Å². The highest BCUT2D eigenvalue weighted by Crippen LogP contribution is 2.27. The topological polar surface area (TPSA) is 35.5 Å². The van der Waals surface area contributed by atoms with Gasteiger partial charge in [0, 0.05) is 6.61 Å². The smallest absolute Gasteiger partial charge is 0.198 e. The number of hydrogen-bond acceptors (Lipinski definition) is 3. The highest BCUT2D eigenvalue weighted by molar-refractivity contribution is 6.04. The van der Waals surface area contributed by atoms with Crippen molar-refractivity contribution >= 4 is 5.78 Å². The minimum Gasteiger partial charge on any atom is -0.496 e. The van der Waals surface area contributed by atoms with Crippen LogP contribution in [-0.2, 0) is 4.74 Å². The number of rotatable bonds is 6. The van der Waals surface area contributed by atoms with Crippen molar-refractivity contribution in [1.82, 2.24) is 0 Å². The molecule has 0 aliphatic heterocycles. The van der Waals surface area contributed by atoms with Crippen LogP contribution in [0, 0.1) is 0 Å². The first-order valence-electron chi connectivity index (χ1n) is 5.90. The van der Waals surface area contributed by atoms with Gasteiger partial charge in [-0.2, -0.15) is 0 Å². The average molecular weight is 236 g/mol. The second-order valence-corrected chi connectivity index (χ2v) is 4.05. The molecule has 3 heteroatoms. The maximum Gasteiger partial charge on any atom is 0.198 e. The monoisotopic (exact) mass is 236 g/mol. The molecule has 0 aliphatic carbocycles. The molecule has 0 N–H and O–H groups in total. The van der Waals surface area contributed by atoms with Gasteiger partial charge in [0.2, 0.25) is 0 Å². The van der Waals surface area contributed by atoms with E-state index < -0.39 is 5.60 Å². The number of hydrogen-bond donors (Lipinski definition) is 0. The fourth-order valence-electron chi connectivity index (χ4n) is 1.76. The Morgan fingerprint density at radius 3 is 2.47 bits per heavy atom. The molecule has 94 valence electrons. The predicted octanol–water partition coefficient (Wildman–Crippen LogP) is 3.08. The average Bonchev–Trinajstić information content (AvgIpc) is 2.38. The normalized spacial score (nSPS) is 14.1. The Morgan fingerprint density at radius 2 is 1.94 bits per heavy atom. The molecule has 0 heterocycles. The molecule has 0 aromatic heterocycles. The molecule has 0 bridgehead atoms. The zero-order chi connectivity index (χ0) is 12.9. The zero-order valence-electron chi connectivity index (χ0n) is 10.9. The fourth-order valence-corrected chi connectivity index (χ4v) is 1.76. The second kappa shape index (κ2) is 5.82. The summed E-state index contributed by atoms with van der Waals surface area (Å²) >= 11 is 0. The number of carbonyl (C=O) groups is 1. The lowest BCUT2D eigenvalue weighted by atomic mass is 9.91. The van der Waals surface area contributed by atoms with Crippen molar-refractivity contribution in [2.75, 3.05) is 13.7 Å². The maximum absolute atomic E-state index is 12.5. The third kappa shape index (κ3) is 2.86. The van der Waals surface area contributed by atoms with Crippen LogP contribution >= 0.6 is 0 Å². The third-order valence-electron chi connectivity index (χ3n) is 2.97. The third-order valence-corrected chi connectivity index (χ3v) is 2.97. The van der Waals surface area contributed by atoms with E-state index in [1.807, 2.05) is 32.9 Å². The Balaban J connectivity index is 3.10. The number of ether oxygens (including phenoxy) is 2. The Morgan fingerprint density at radius 1 is 1.29 bits per heavy atom. The SMILES string of the molecule is CCOC(C)(CC)C(=O)c1ccccc1OC. The Hall–Kier alpha value is -1.35. The lowest BCUT2D eigenvalue weighted by molar-refractivity contribution is -0.0117. The van der Waals surface area contributed by atoms with E-state index in [9.17, 15) is 4.79 Å². The lowest BCUT2D eigenvalue weighted by Gasteiger charge is -2.27. The van der Waals surface area contributed by atoms with E-state index in [1.165, 1.54) is 0 Å². The second-order valence-electron chi connectivity index (χ2n) is 4.05. The lowest BCUT2D eigenvalue weighted by Crippen LogP contribution is -2.38. The van der Waals surface area contributed by atoms with Crippen molar-refractivity contribution in [3.8, 4) is 5.75 Å². The van der Waals surface area contributed by atoms with Gasteiger partial charge in [-0.15, -0.1) is 0 Å². The highest BCUT2D eigenvalue weighted by Gasteiger charge is 2.34. The number of ketones is 1. The van der Waals surface area contributed by atoms with Gasteiger partial charge < -0.3 is 9.47 Å². The molecule has 1 aromatic rings. The quantitative estimate of drug-likeness (QED) is 0.712. The molecule has 3 nitrogen and oxygen atoms in total. The number of benzene rings is 1. The summed E-state index contributed by atoms with van der Waals surface area (Å²) in [5.41, 5.74) is -0.198. The van der Waals surface area contributed by atoms with Crippen LogP contribution < -0.4 is 4.74 Å². The van der Waals surface area contributed by atoms with Crippen LogP contribution in [0.4, 0.5) is 0 Å². The summed E-state index contributed by atoms with van der Waals surface area (Å²) in [4.78, 5) is 12.5. The summed E-state index contributed by atoms with van der Waals surface area (Å²) in [7, 11) is 1.57. The van der Waals surface area contributed by atoms with Crippen molar-refractivity contribution in [2.24, 2.45) is 0 Å². The Bertz CT molecular complexity index is 387. The molecule has 1 aromatic carbocycles. The maximum atomic E-state index is 12.5. The first-order chi connectivity index (χ1) is 8.09. The van der Waals surface area contributed by atoms with Crippen LogP contribution in [0.3, 0.4) is 0 Å². The van der Waals surface area contributed by atoms with E-state index in [0.717, 1.165) is 0 Å². The minimum absolute atomic E-state index is 0.0284. The molecule has 0 saturated heterocycles. The molecule has 0 radical (unpaired) electrons. The summed E-state index contributed by atoms with van der Waals surface area (Å²) in [5, 5.41) is 0. The molecule has 1 atom stereocenters. The molecule has 0 amide bonds. The van der Waals surface area contributed by atoms with Crippen LogP contribution in [0.2, 0.25) is 0 Å². The first kappa shape index (κ1) is 13.7. The number of methoxy groups -OCH3 is 1. The van der Waals surface area contributed by atoms with Gasteiger partial charge in [-0.05, 0) is 32.4 Å². The molecule has 17 heavy (non-hydrogen) atoms. The van der Waals surface area contributed by atoms with Crippen LogP contribution in [0.25, 0.3) is 0 Å². The summed E-state index contributed by atoms with van der Waals surface area (Å²) in [6, 6.07) is 7.24. The minimum atomic E-state index is -0.774. The summed E-state index contributed by atoms with van der Waals surface area (Å²) in [6.07, 6.45) is 0.637. The standard InChI is InChI=1S/C14H20O3/c1-5-14(3,17-6-2)13(15)11-9-7-8-10-12(11)16-4/h7-10H,5-6H2,1-4H3. The number of Topliss-reactive ketones (excluding diaryl/α,β-unsaturated/α-hetero) is 1. The molecule has 0 spiro atoms. The van der Waals surface area contributed by atoms with Crippen LogP contribution in [0.1, 0.15) is 37.6 Å². The van der Waals surface area contributed by atoms with Crippen molar-refractivity contribution in [2.45, 2.75) is 32.8 Å². The van der Waals surface area contributed by atoms with Crippen molar-refractivity contribution in [3.05, 3.63) is 29.8 Å². The van der Waals surface area contributed by atoms with Gasteiger partial charge >= 0.3 is 0 Å². The predicted molar refractivity (Wildman–Crippen MR) is 67.6 cm³/mol. The molecule has 0 saturated carbocycles. The van der Waals surface area contributed by atoms with E-state index >= 15 is 0 Å². The number of para-hydroxylation sites is 1. The molecule has 0 fully saturated rings.